The van der Waals surface area contributed by atoms with Crippen molar-refractivity contribution in [2.24, 2.45) is 0 Å². The summed E-state index contributed by atoms with van der Waals surface area (Å²) in [6.45, 7) is 1.13. The molecule has 1 fully saturated rings. The van der Waals surface area contributed by atoms with E-state index < -0.39 is 5.97 Å². The molecule has 0 radical (unpaired) electrons. The van der Waals surface area contributed by atoms with Gasteiger partial charge in [0.05, 0.1) is 23.3 Å². The molecule has 0 saturated heterocycles. The second-order valence-corrected chi connectivity index (χ2v) is 5.26. The van der Waals surface area contributed by atoms with Gasteiger partial charge < -0.3 is 15.2 Å². The second kappa shape index (κ2) is 7.45. The van der Waals surface area contributed by atoms with Crippen LogP contribution >= 0.6 is 11.6 Å². The van der Waals surface area contributed by atoms with Gasteiger partial charge in [0.2, 0.25) is 0 Å². The van der Waals surface area contributed by atoms with Crippen LogP contribution in [0.3, 0.4) is 0 Å². The Kier molecular flexibility index (Phi) is 5.61. The van der Waals surface area contributed by atoms with Gasteiger partial charge in [-0.05, 0) is 18.9 Å². The molecule has 1 aromatic heterocycles. The van der Waals surface area contributed by atoms with Crippen molar-refractivity contribution in [3.05, 3.63) is 22.8 Å². The molecule has 6 heteroatoms. The number of carboxylic acid groups (broad SMARTS) is 1. The van der Waals surface area contributed by atoms with Crippen molar-refractivity contribution < 1.29 is 14.6 Å². The summed E-state index contributed by atoms with van der Waals surface area (Å²) < 4.78 is 5.77. The number of nitrogens with one attached hydrogen (secondary N) is 1. The Labute approximate surface area is 123 Å². The predicted octanol–water partition coefficient (Wildman–Crippen LogP) is 3.19. The molecule has 0 amide bonds. The summed E-state index contributed by atoms with van der Waals surface area (Å²) in [5, 5.41) is 12.1. The van der Waals surface area contributed by atoms with Crippen LogP contribution in [0.1, 0.15) is 42.5 Å². The van der Waals surface area contributed by atoms with Crippen LogP contribution in [-0.2, 0) is 4.74 Å². The van der Waals surface area contributed by atoms with Crippen molar-refractivity contribution in [2.45, 2.75) is 38.2 Å². The first-order valence-corrected chi connectivity index (χ1v) is 7.29. The number of carbonyl (C=O) groups is 1. The first-order chi connectivity index (χ1) is 9.68. The Balaban J connectivity index is 1.79. The van der Waals surface area contributed by atoms with Crippen LogP contribution in [-0.4, -0.2) is 35.3 Å². The number of carboxylic acids is 1. The number of hydrogen-bond acceptors (Lipinski definition) is 4. The Hall–Kier alpha value is -1.33. The summed E-state index contributed by atoms with van der Waals surface area (Å²) in [5.74, 6) is -0.669. The largest absolute Gasteiger partial charge is 0.478 e. The molecule has 1 aliphatic rings. The van der Waals surface area contributed by atoms with Gasteiger partial charge in [0.25, 0.3) is 0 Å². The molecule has 2 rings (SSSR count). The highest BCUT2D eigenvalue weighted by Gasteiger charge is 2.14. The van der Waals surface area contributed by atoms with Gasteiger partial charge in [-0.2, -0.15) is 0 Å². The van der Waals surface area contributed by atoms with Crippen LogP contribution in [0.4, 0.5) is 5.82 Å². The molecule has 0 aliphatic heterocycles. The highest BCUT2D eigenvalue weighted by atomic mass is 35.5. The molecule has 0 bridgehead atoms. The fourth-order valence-electron chi connectivity index (χ4n) is 2.36. The number of rotatable bonds is 6. The Morgan fingerprint density at radius 2 is 2.20 bits per heavy atom. The van der Waals surface area contributed by atoms with E-state index in [4.69, 9.17) is 21.4 Å². The zero-order valence-corrected chi connectivity index (χ0v) is 12.0. The summed E-state index contributed by atoms with van der Waals surface area (Å²) in [6.07, 6.45) is 7.85. The lowest BCUT2D eigenvalue weighted by molar-refractivity contribution is 0.0347. The van der Waals surface area contributed by atoms with Crippen LogP contribution in [0, 0.1) is 0 Å². The first-order valence-electron chi connectivity index (χ1n) is 6.91. The quantitative estimate of drug-likeness (QED) is 0.789. The Bertz CT molecular complexity index is 462. The number of halogens is 1. The molecule has 20 heavy (non-hydrogen) atoms. The zero-order chi connectivity index (χ0) is 14.4. The van der Waals surface area contributed by atoms with Gasteiger partial charge in [-0.3, -0.25) is 0 Å². The Morgan fingerprint density at radius 3 is 2.90 bits per heavy atom. The van der Waals surface area contributed by atoms with E-state index in [1.165, 1.54) is 31.5 Å². The molecule has 1 saturated carbocycles. The third kappa shape index (κ3) is 4.08. The van der Waals surface area contributed by atoms with E-state index in [2.05, 4.69) is 10.3 Å². The van der Waals surface area contributed by atoms with Gasteiger partial charge in [0, 0.05) is 12.7 Å². The topological polar surface area (TPSA) is 71.5 Å². The summed E-state index contributed by atoms with van der Waals surface area (Å²) in [6, 6.07) is 1.38. The van der Waals surface area contributed by atoms with Gasteiger partial charge >= 0.3 is 5.97 Å². The van der Waals surface area contributed by atoms with Gasteiger partial charge in [-0.1, -0.05) is 30.9 Å². The first kappa shape index (κ1) is 15.1. The van der Waals surface area contributed by atoms with Gasteiger partial charge in [-0.25, -0.2) is 9.78 Å². The highest BCUT2D eigenvalue weighted by molar-refractivity contribution is 6.35. The van der Waals surface area contributed by atoms with E-state index in [0.717, 1.165) is 12.8 Å². The minimum atomic E-state index is -1.06. The third-order valence-electron chi connectivity index (χ3n) is 3.42. The number of ether oxygens (including phenoxy) is 1. The number of aromatic nitrogens is 1. The molecule has 5 nitrogen and oxygen atoms in total. The van der Waals surface area contributed by atoms with E-state index >= 15 is 0 Å². The normalized spacial score (nSPS) is 16.1. The smallest absolute Gasteiger partial charge is 0.337 e. The van der Waals surface area contributed by atoms with Crippen molar-refractivity contribution in [1.29, 1.82) is 0 Å². The van der Waals surface area contributed by atoms with E-state index in [9.17, 15) is 4.79 Å². The van der Waals surface area contributed by atoms with E-state index in [1.54, 1.807) is 0 Å². The number of aromatic carboxylic acids is 1. The average Bonchev–Trinajstić information content (AvgIpc) is 2.46. The molecule has 0 unspecified atom stereocenters. The maximum atomic E-state index is 10.9. The molecule has 0 aromatic carbocycles. The van der Waals surface area contributed by atoms with Crippen LogP contribution in [0.25, 0.3) is 0 Å². The molecule has 0 atom stereocenters. The van der Waals surface area contributed by atoms with Crippen LogP contribution in [0.2, 0.25) is 5.02 Å². The standard InChI is InChI=1S/C14H19ClN2O3/c15-12-11(14(18)19)6-7-16-13(12)17-8-9-20-10-4-2-1-3-5-10/h6-7,10H,1-5,8-9H2,(H,16,17)(H,18,19). The molecular formula is C14H19ClN2O3. The van der Waals surface area contributed by atoms with E-state index in [-0.39, 0.29) is 10.6 Å². The molecule has 1 heterocycles. The summed E-state index contributed by atoms with van der Waals surface area (Å²) >= 11 is 5.98. The van der Waals surface area contributed by atoms with Crippen molar-refractivity contribution in [3.8, 4) is 0 Å². The minimum Gasteiger partial charge on any atom is -0.478 e. The van der Waals surface area contributed by atoms with Crippen molar-refractivity contribution in [3.63, 3.8) is 0 Å². The number of anilines is 1. The lowest BCUT2D eigenvalue weighted by atomic mass is 9.98. The van der Waals surface area contributed by atoms with Gasteiger partial charge in [-0.15, -0.1) is 0 Å². The van der Waals surface area contributed by atoms with Gasteiger partial charge in [0.1, 0.15) is 5.82 Å². The van der Waals surface area contributed by atoms with Crippen molar-refractivity contribution >= 4 is 23.4 Å². The lowest BCUT2D eigenvalue weighted by Crippen LogP contribution is -2.21. The third-order valence-corrected chi connectivity index (χ3v) is 3.80. The van der Waals surface area contributed by atoms with Crippen LogP contribution in [0.5, 0.6) is 0 Å². The van der Waals surface area contributed by atoms with Crippen LogP contribution < -0.4 is 5.32 Å². The highest BCUT2D eigenvalue weighted by Crippen LogP contribution is 2.23. The average molecular weight is 299 g/mol. The molecule has 1 aromatic rings. The minimum absolute atomic E-state index is 0.0531. The number of nitrogens with zero attached hydrogens (tertiary/aromatic N) is 1. The van der Waals surface area contributed by atoms with E-state index in [1.807, 2.05) is 0 Å². The second-order valence-electron chi connectivity index (χ2n) is 4.88. The zero-order valence-electron chi connectivity index (χ0n) is 11.3. The van der Waals surface area contributed by atoms with Crippen LogP contribution in [0.15, 0.2) is 12.3 Å². The fraction of sp³-hybridized carbons (Fsp3) is 0.571. The Morgan fingerprint density at radius 1 is 1.45 bits per heavy atom. The monoisotopic (exact) mass is 298 g/mol. The maximum Gasteiger partial charge on any atom is 0.337 e. The fourth-order valence-corrected chi connectivity index (χ4v) is 2.62. The maximum absolute atomic E-state index is 10.9. The molecule has 2 N–H and O–H groups in total. The summed E-state index contributed by atoms with van der Waals surface area (Å²) in [5.41, 5.74) is 0.0531. The molecular weight excluding hydrogens is 280 g/mol. The summed E-state index contributed by atoms with van der Waals surface area (Å²) in [7, 11) is 0. The number of hydrogen-bond donors (Lipinski definition) is 2. The molecule has 1 aliphatic carbocycles. The van der Waals surface area contributed by atoms with Crippen molar-refractivity contribution in [2.75, 3.05) is 18.5 Å². The number of pyridine rings is 1. The molecule has 110 valence electrons. The SMILES string of the molecule is O=C(O)c1ccnc(NCCOC2CCCCC2)c1Cl. The van der Waals surface area contributed by atoms with Crippen molar-refractivity contribution in [1.82, 2.24) is 4.98 Å². The predicted molar refractivity (Wildman–Crippen MR) is 77.5 cm³/mol. The van der Waals surface area contributed by atoms with E-state index in [0.29, 0.717) is 25.1 Å². The molecule has 0 spiro atoms. The lowest BCUT2D eigenvalue weighted by Gasteiger charge is -2.22. The van der Waals surface area contributed by atoms with Gasteiger partial charge in [0.15, 0.2) is 0 Å². The summed E-state index contributed by atoms with van der Waals surface area (Å²) in [4.78, 5) is 15.0.